The third-order valence-electron chi connectivity index (χ3n) is 7.08. The number of fused-ring (bicyclic) bond motifs is 1. The molecular weight excluding hydrogens is 382 g/mol. The number of aliphatic hydroxyl groups excluding tert-OH is 1. The van der Waals surface area contributed by atoms with E-state index in [0.29, 0.717) is 31.0 Å². The lowest BCUT2D eigenvalue weighted by atomic mass is 10.1. The SMILES string of the molecule is O=C1CCC(N2Cc3cc(O[C@H]4CCC[C@H]4N4CCCCC4)ccc3C2=O)C(O)=[NH+]1. The number of nitrogens with one attached hydrogen (secondary N) is 1. The molecule has 0 bridgehead atoms. The fourth-order valence-electron chi connectivity index (χ4n) is 5.53. The summed E-state index contributed by atoms with van der Waals surface area (Å²) in [5.74, 6) is 0.390. The van der Waals surface area contributed by atoms with Crippen LogP contribution in [-0.2, 0) is 11.3 Å². The first-order valence-electron chi connectivity index (χ1n) is 11.3. The fourth-order valence-corrected chi connectivity index (χ4v) is 5.53. The summed E-state index contributed by atoms with van der Waals surface area (Å²) in [5.41, 5.74) is 1.58. The minimum absolute atomic E-state index is 0.101. The number of aliphatic hydroxyl groups is 1. The lowest BCUT2D eigenvalue weighted by molar-refractivity contribution is -0.394. The second-order valence-corrected chi connectivity index (χ2v) is 8.99. The van der Waals surface area contributed by atoms with Crippen molar-refractivity contribution in [3.8, 4) is 5.75 Å². The summed E-state index contributed by atoms with van der Waals surface area (Å²) in [4.78, 5) is 31.1. The number of piperidine rings is 1. The highest BCUT2D eigenvalue weighted by Gasteiger charge is 2.41. The maximum absolute atomic E-state index is 12.9. The van der Waals surface area contributed by atoms with E-state index in [4.69, 9.17) is 4.74 Å². The van der Waals surface area contributed by atoms with Crippen LogP contribution in [0.1, 0.15) is 67.3 Å². The van der Waals surface area contributed by atoms with E-state index in [1.165, 1.54) is 45.2 Å². The van der Waals surface area contributed by atoms with Crippen molar-refractivity contribution in [1.29, 1.82) is 0 Å². The van der Waals surface area contributed by atoms with Crippen LogP contribution in [0.2, 0.25) is 0 Å². The number of carbonyl (C=O) groups excluding carboxylic acids is 2. The molecule has 1 saturated heterocycles. The third kappa shape index (κ3) is 3.60. The molecule has 4 aliphatic rings. The van der Waals surface area contributed by atoms with Gasteiger partial charge in [0.15, 0.2) is 6.04 Å². The average molecular weight is 413 g/mol. The highest BCUT2D eigenvalue weighted by Crippen LogP contribution is 2.33. The number of nitrogens with zero attached hydrogens (tertiary/aromatic N) is 2. The quantitative estimate of drug-likeness (QED) is 0.775. The average Bonchev–Trinajstić information content (AvgIpc) is 3.33. The minimum Gasteiger partial charge on any atom is -0.489 e. The molecule has 7 nitrogen and oxygen atoms in total. The van der Waals surface area contributed by atoms with Gasteiger partial charge in [0.1, 0.15) is 11.9 Å². The molecule has 0 radical (unpaired) electrons. The van der Waals surface area contributed by atoms with Crippen LogP contribution >= 0.6 is 0 Å². The van der Waals surface area contributed by atoms with Crippen LogP contribution in [0.4, 0.5) is 0 Å². The molecule has 1 aliphatic carbocycles. The zero-order chi connectivity index (χ0) is 20.7. The second kappa shape index (κ2) is 8.02. The van der Waals surface area contributed by atoms with Crippen LogP contribution in [0.3, 0.4) is 0 Å². The molecular formula is C23H30N3O4+. The van der Waals surface area contributed by atoms with E-state index in [0.717, 1.165) is 17.7 Å². The van der Waals surface area contributed by atoms with Crippen molar-refractivity contribution in [1.82, 2.24) is 9.80 Å². The summed E-state index contributed by atoms with van der Waals surface area (Å²) in [5, 5.41) is 10.2. The largest absolute Gasteiger partial charge is 0.489 e. The molecule has 7 heteroatoms. The number of carbonyl (C=O) groups is 2. The van der Waals surface area contributed by atoms with Gasteiger partial charge in [-0.3, -0.25) is 9.69 Å². The molecule has 1 aromatic rings. The van der Waals surface area contributed by atoms with E-state index in [9.17, 15) is 14.7 Å². The van der Waals surface area contributed by atoms with Crippen molar-refractivity contribution < 1.29 is 24.4 Å². The lowest BCUT2D eigenvalue weighted by Gasteiger charge is -2.35. The highest BCUT2D eigenvalue weighted by atomic mass is 16.5. The number of ether oxygens (including phenoxy) is 1. The summed E-state index contributed by atoms with van der Waals surface area (Å²) in [6.45, 7) is 2.78. The first-order chi connectivity index (χ1) is 14.6. The molecule has 1 unspecified atom stereocenters. The Morgan fingerprint density at radius 2 is 1.87 bits per heavy atom. The Balaban J connectivity index is 1.30. The van der Waals surface area contributed by atoms with Crippen LogP contribution < -0.4 is 9.73 Å². The molecule has 3 aliphatic heterocycles. The number of hydrogen-bond donors (Lipinski definition) is 2. The zero-order valence-electron chi connectivity index (χ0n) is 17.3. The van der Waals surface area contributed by atoms with Gasteiger partial charge in [0.05, 0.1) is 6.42 Å². The molecule has 30 heavy (non-hydrogen) atoms. The Labute approximate surface area is 176 Å². The number of rotatable bonds is 4. The van der Waals surface area contributed by atoms with E-state index in [1.54, 1.807) is 4.90 Å². The first kappa shape index (κ1) is 19.5. The molecule has 1 aromatic carbocycles. The molecule has 160 valence electrons. The topological polar surface area (TPSA) is 84.0 Å². The van der Waals surface area contributed by atoms with E-state index in [1.807, 2.05) is 18.2 Å². The maximum atomic E-state index is 12.9. The van der Waals surface area contributed by atoms with Gasteiger partial charge in [-0.05, 0) is 75.4 Å². The van der Waals surface area contributed by atoms with Crippen LogP contribution in [0.25, 0.3) is 0 Å². The molecule has 3 heterocycles. The van der Waals surface area contributed by atoms with Gasteiger partial charge in [0, 0.05) is 18.2 Å². The van der Waals surface area contributed by atoms with E-state index in [2.05, 4.69) is 9.89 Å². The van der Waals surface area contributed by atoms with Crippen molar-refractivity contribution in [3.05, 3.63) is 29.3 Å². The van der Waals surface area contributed by atoms with Gasteiger partial charge in [-0.25, -0.2) is 4.79 Å². The number of likely N-dealkylation sites (tertiary alicyclic amines) is 1. The summed E-state index contributed by atoms with van der Waals surface area (Å²) >= 11 is 0. The molecule has 0 spiro atoms. The molecule has 5 rings (SSSR count). The van der Waals surface area contributed by atoms with Crippen LogP contribution in [0.15, 0.2) is 18.2 Å². The van der Waals surface area contributed by atoms with Crippen LogP contribution in [-0.4, -0.2) is 63.9 Å². The van der Waals surface area contributed by atoms with Crippen LogP contribution in [0.5, 0.6) is 5.75 Å². The maximum Gasteiger partial charge on any atom is 0.388 e. The molecule has 1 saturated carbocycles. The monoisotopic (exact) mass is 412 g/mol. The van der Waals surface area contributed by atoms with Gasteiger partial charge in [0.2, 0.25) is 0 Å². The lowest BCUT2D eigenvalue weighted by Crippen LogP contribution is -2.82. The smallest absolute Gasteiger partial charge is 0.388 e. The van der Waals surface area contributed by atoms with Crippen molar-refractivity contribution in [2.75, 3.05) is 13.1 Å². The zero-order valence-corrected chi connectivity index (χ0v) is 17.3. The van der Waals surface area contributed by atoms with Crippen molar-refractivity contribution in [3.63, 3.8) is 0 Å². The number of amides is 2. The molecule has 2 amide bonds. The summed E-state index contributed by atoms with van der Waals surface area (Å²) in [7, 11) is 0. The standard InChI is InChI=1S/C23H29N3O4/c27-21-10-9-19(22(28)24-21)26-14-15-13-16(7-8-17(15)23(26)29)30-20-6-4-5-18(20)25-11-2-1-3-12-25/h7-8,13,18-20H,1-6,9-12,14H2,(H,24,27,28)/p+1/t18-,19?,20+/m1/s1. The molecule has 3 atom stereocenters. The Hall–Kier alpha value is -2.41. The van der Waals surface area contributed by atoms with Crippen molar-refractivity contribution in [2.45, 2.75) is 76.1 Å². The van der Waals surface area contributed by atoms with Gasteiger partial charge < -0.3 is 14.7 Å². The van der Waals surface area contributed by atoms with Gasteiger partial charge in [-0.1, -0.05) is 6.42 Å². The first-order valence-corrected chi connectivity index (χ1v) is 11.3. The Bertz CT molecular complexity index is 877. The van der Waals surface area contributed by atoms with Gasteiger partial charge in [0.25, 0.3) is 5.91 Å². The van der Waals surface area contributed by atoms with Crippen molar-refractivity contribution in [2.24, 2.45) is 0 Å². The number of benzene rings is 1. The molecule has 0 aromatic heterocycles. The normalized spacial score (nSPS) is 29.8. The van der Waals surface area contributed by atoms with Gasteiger partial charge in [-0.2, -0.15) is 0 Å². The second-order valence-electron chi connectivity index (χ2n) is 8.99. The van der Waals surface area contributed by atoms with Crippen molar-refractivity contribution >= 4 is 17.7 Å². The summed E-state index contributed by atoms with van der Waals surface area (Å²) < 4.78 is 6.43. The fraction of sp³-hybridized carbons (Fsp3) is 0.609. The van der Waals surface area contributed by atoms with E-state index >= 15 is 0 Å². The number of hydrogen-bond acceptors (Lipinski definition) is 4. The Morgan fingerprint density at radius 3 is 2.67 bits per heavy atom. The molecule has 2 fully saturated rings. The Kier molecular flexibility index (Phi) is 5.23. The van der Waals surface area contributed by atoms with Gasteiger partial charge >= 0.3 is 11.8 Å². The van der Waals surface area contributed by atoms with Crippen LogP contribution in [0, 0.1) is 0 Å². The summed E-state index contributed by atoms with van der Waals surface area (Å²) in [6, 6.07) is 5.75. The van der Waals surface area contributed by atoms with E-state index < -0.39 is 6.04 Å². The third-order valence-corrected chi connectivity index (χ3v) is 7.08. The van der Waals surface area contributed by atoms with E-state index in [-0.39, 0.29) is 23.8 Å². The predicted molar refractivity (Wildman–Crippen MR) is 110 cm³/mol. The highest BCUT2D eigenvalue weighted by molar-refractivity contribution is 6.01. The minimum atomic E-state index is -0.467. The van der Waals surface area contributed by atoms with Gasteiger partial charge in [-0.15, -0.1) is 4.99 Å². The molecule has 2 N–H and O–H groups in total. The predicted octanol–water partition coefficient (Wildman–Crippen LogP) is 1.15. The Morgan fingerprint density at radius 1 is 1.03 bits per heavy atom. The summed E-state index contributed by atoms with van der Waals surface area (Å²) in [6.07, 6.45) is 8.34.